The Balaban J connectivity index is 2.14. The van der Waals surface area contributed by atoms with E-state index in [-0.39, 0.29) is 43.8 Å². The van der Waals surface area contributed by atoms with Crippen LogP contribution >= 0.6 is 11.6 Å². The Bertz CT molecular complexity index is 1110. The molecule has 0 aromatic heterocycles. The average molecular weight is 538 g/mol. The smallest absolute Gasteiger partial charge is 0.242 e. The third kappa shape index (κ3) is 9.02. The number of benzene rings is 2. The van der Waals surface area contributed by atoms with E-state index in [4.69, 9.17) is 16.3 Å². The predicted molar refractivity (Wildman–Crippen MR) is 144 cm³/mol. The molecule has 0 bridgehead atoms. The summed E-state index contributed by atoms with van der Waals surface area (Å²) in [6.45, 7) is 8.15. The molecule has 0 aliphatic carbocycles. The first-order valence-electron chi connectivity index (χ1n) is 12.0. The number of nitrogens with one attached hydrogen (secondary N) is 1. The van der Waals surface area contributed by atoms with Crippen LogP contribution in [0.25, 0.3) is 0 Å². The van der Waals surface area contributed by atoms with Gasteiger partial charge in [0, 0.05) is 30.6 Å². The van der Waals surface area contributed by atoms with Gasteiger partial charge in [-0.25, -0.2) is 8.42 Å². The third-order valence-electron chi connectivity index (χ3n) is 5.45. The number of halogens is 1. The van der Waals surface area contributed by atoms with Gasteiger partial charge in [-0.1, -0.05) is 23.7 Å². The molecule has 0 unspecified atom stereocenters. The van der Waals surface area contributed by atoms with Gasteiger partial charge in [-0.05, 0) is 76.1 Å². The number of carbonyl (C=O) groups is 2. The second-order valence-corrected chi connectivity index (χ2v) is 11.2. The van der Waals surface area contributed by atoms with Crippen molar-refractivity contribution in [3.8, 4) is 5.75 Å². The van der Waals surface area contributed by atoms with Crippen LogP contribution in [0.1, 0.15) is 46.1 Å². The molecule has 0 aliphatic heterocycles. The van der Waals surface area contributed by atoms with Crippen LogP contribution in [0, 0.1) is 0 Å². The summed E-state index contributed by atoms with van der Waals surface area (Å²) in [5, 5.41) is 3.43. The van der Waals surface area contributed by atoms with Crippen molar-refractivity contribution in [1.82, 2.24) is 10.2 Å². The summed E-state index contributed by atoms with van der Waals surface area (Å²) >= 11 is 5.99. The summed E-state index contributed by atoms with van der Waals surface area (Å²) < 4.78 is 31.6. The molecule has 198 valence electrons. The number of hydrogen-bond donors (Lipinski definition) is 1. The van der Waals surface area contributed by atoms with Gasteiger partial charge in [0.25, 0.3) is 0 Å². The Morgan fingerprint density at radius 3 is 2.17 bits per heavy atom. The minimum Gasteiger partial charge on any atom is -0.494 e. The third-order valence-corrected chi connectivity index (χ3v) is 6.90. The van der Waals surface area contributed by atoms with Crippen molar-refractivity contribution < 1.29 is 22.7 Å². The number of anilines is 1. The first-order chi connectivity index (χ1) is 16.9. The van der Waals surface area contributed by atoms with E-state index in [9.17, 15) is 18.0 Å². The van der Waals surface area contributed by atoms with Crippen LogP contribution in [0.3, 0.4) is 0 Å². The van der Waals surface area contributed by atoms with Crippen LogP contribution < -0.4 is 14.4 Å². The van der Waals surface area contributed by atoms with Gasteiger partial charge < -0.3 is 15.0 Å². The normalized spacial score (nSPS) is 12.2. The van der Waals surface area contributed by atoms with E-state index < -0.39 is 16.1 Å². The van der Waals surface area contributed by atoms with E-state index in [2.05, 4.69) is 5.32 Å². The lowest BCUT2D eigenvalue weighted by Gasteiger charge is -2.30. The van der Waals surface area contributed by atoms with Crippen LogP contribution in [0.4, 0.5) is 5.69 Å². The maximum absolute atomic E-state index is 13.3. The van der Waals surface area contributed by atoms with Crippen LogP contribution in [0.5, 0.6) is 5.75 Å². The number of carbonyl (C=O) groups excluding carboxylic acids is 2. The van der Waals surface area contributed by atoms with E-state index in [1.54, 1.807) is 43.3 Å². The fourth-order valence-electron chi connectivity index (χ4n) is 3.65. The Kier molecular flexibility index (Phi) is 11.0. The molecular weight excluding hydrogens is 502 g/mol. The van der Waals surface area contributed by atoms with Crippen LogP contribution in [-0.2, 0) is 26.2 Å². The van der Waals surface area contributed by atoms with Crippen LogP contribution in [0.15, 0.2) is 48.5 Å². The first kappa shape index (κ1) is 29.5. The lowest BCUT2D eigenvalue weighted by molar-refractivity contribution is -0.140. The molecule has 2 aromatic rings. The van der Waals surface area contributed by atoms with Crippen molar-refractivity contribution in [2.24, 2.45) is 0 Å². The molecule has 0 radical (unpaired) electrons. The molecule has 0 saturated carbocycles. The van der Waals surface area contributed by atoms with Crippen molar-refractivity contribution >= 4 is 39.1 Å². The first-order valence-corrected chi connectivity index (χ1v) is 14.2. The summed E-state index contributed by atoms with van der Waals surface area (Å²) in [7, 11) is -3.57. The highest BCUT2D eigenvalue weighted by molar-refractivity contribution is 7.92. The van der Waals surface area contributed by atoms with E-state index in [0.717, 1.165) is 11.8 Å². The molecule has 2 aromatic carbocycles. The highest BCUT2D eigenvalue weighted by atomic mass is 35.5. The molecule has 2 rings (SSSR count). The number of hydrogen-bond acceptors (Lipinski definition) is 5. The van der Waals surface area contributed by atoms with Crippen LogP contribution in [0.2, 0.25) is 5.02 Å². The van der Waals surface area contributed by atoms with E-state index in [1.165, 1.54) is 9.21 Å². The second-order valence-electron chi connectivity index (χ2n) is 8.85. The Hall–Kier alpha value is -2.78. The molecular formula is C26H36ClN3O5S. The minimum absolute atomic E-state index is 0.0649. The lowest BCUT2D eigenvalue weighted by Crippen LogP contribution is -2.49. The molecule has 36 heavy (non-hydrogen) atoms. The van der Waals surface area contributed by atoms with Crippen molar-refractivity contribution in [1.29, 1.82) is 0 Å². The topological polar surface area (TPSA) is 96.0 Å². The summed E-state index contributed by atoms with van der Waals surface area (Å²) in [5.74, 6) is 0.160. The van der Waals surface area contributed by atoms with E-state index >= 15 is 0 Å². The highest BCUT2D eigenvalue weighted by Gasteiger charge is 2.27. The van der Waals surface area contributed by atoms with Gasteiger partial charge in [-0.2, -0.15) is 0 Å². The highest BCUT2D eigenvalue weighted by Crippen LogP contribution is 2.23. The van der Waals surface area contributed by atoms with Gasteiger partial charge in [-0.15, -0.1) is 0 Å². The largest absolute Gasteiger partial charge is 0.494 e. The van der Waals surface area contributed by atoms with Gasteiger partial charge in [0.2, 0.25) is 21.8 Å². The molecule has 1 atom stereocenters. The minimum atomic E-state index is -3.57. The van der Waals surface area contributed by atoms with Crippen molar-refractivity contribution in [3.05, 3.63) is 59.1 Å². The van der Waals surface area contributed by atoms with Gasteiger partial charge in [0.1, 0.15) is 11.8 Å². The Morgan fingerprint density at radius 1 is 1.03 bits per heavy atom. The zero-order valence-corrected chi connectivity index (χ0v) is 23.1. The van der Waals surface area contributed by atoms with E-state index in [0.29, 0.717) is 23.1 Å². The average Bonchev–Trinajstić information content (AvgIpc) is 2.80. The van der Waals surface area contributed by atoms with Crippen molar-refractivity contribution in [2.75, 3.05) is 23.7 Å². The lowest BCUT2D eigenvalue weighted by atomic mass is 10.1. The molecule has 0 aliphatic rings. The van der Waals surface area contributed by atoms with Gasteiger partial charge >= 0.3 is 0 Å². The molecule has 8 nitrogen and oxygen atoms in total. The molecule has 0 fully saturated rings. The summed E-state index contributed by atoms with van der Waals surface area (Å²) in [4.78, 5) is 27.5. The second kappa shape index (κ2) is 13.5. The monoisotopic (exact) mass is 537 g/mol. The number of ether oxygens (including phenoxy) is 1. The van der Waals surface area contributed by atoms with Gasteiger partial charge in [-0.3, -0.25) is 13.9 Å². The number of sulfonamides is 1. The molecule has 0 saturated heterocycles. The molecule has 2 amide bonds. The summed E-state index contributed by atoms with van der Waals surface area (Å²) in [6.07, 6.45) is 1.50. The number of rotatable bonds is 13. The number of amides is 2. The Labute approximate surface area is 219 Å². The fraction of sp³-hybridized carbons (Fsp3) is 0.462. The SMILES string of the molecule is CCOc1ccc(N(CCCC(=O)N(Cc2ccc(Cl)cc2)[C@H](C)C(=O)NC(C)C)S(C)(=O)=O)cc1. The molecule has 0 spiro atoms. The summed E-state index contributed by atoms with van der Waals surface area (Å²) in [6, 6.07) is 13.1. The quantitative estimate of drug-likeness (QED) is 0.412. The van der Waals surface area contributed by atoms with Crippen LogP contribution in [-0.4, -0.2) is 56.6 Å². The molecule has 1 N–H and O–H groups in total. The van der Waals surface area contributed by atoms with E-state index in [1.807, 2.05) is 32.9 Å². The zero-order chi connectivity index (χ0) is 26.9. The maximum Gasteiger partial charge on any atom is 0.242 e. The zero-order valence-electron chi connectivity index (χ0n) is 21.5. The summed E-state index contributed by atoms with van der Waals surface area (Å²) in [5.41, 5.74) is 1.33. The fourth-order valence-corrected chi connectivity index (χ4v) is 4.74. The van der Waals surface area contributed by atoms with Crippen molar-refractivity contribution in [3.63, 3.8) is 0 Å². The van der Waals surface area contributed by atoms with Crippen molar-refractivity contribution in [2.45, 2.75) is 59.2 Å². The standard InChI is InChI=1S/C26H36ClN3O5S/c1-6-35-24-15-13-23(14-16-24)30(36(5,33)34)17-7-8-25(31)29(20(4)26(32)28-19(2)3)18-21-9-11-22(27)12-10-21/h9-16,19-20H,6-8,17-18H2,1-5H3,(H,28,32)/t20-/m1/s1. The number of nitrogens with zero attached hydrogens (tertiary/aromatic N) is 2. The molecule has 0 heterocycles. The molecule has 10 heteroatoms. The van der Waals surface area contributed by atoms with Gasteiger partial charge in [0.15, 0.2) is 0 Å². The van der Waals surface area contributed by atoms with Gasteiger partial charge in [0.05, 0.1) is 18.6 Å². The predicted octanol–water partition coefficient (Wildman–Crippen LogP) is 4.23. The maximum atomic E-state index is 13.3. The Morgan fingerprint density at radius 2 is 1.64 bits per heavy atom.